The van der Waals surface area contributed by atoms with Gasteiger partial charge in [-0.3, -0.25) is 0 Å². The molecule has 1 aliphatic rings. The van der Waals surface area contributed by atoms with Crippen molar-refractivity contribution >= 4 is 17.5 Å². The monoisotopic (exact) mass is 409 g/mol. The van der Waals surface area contributed by atoms with Crippen LogP contribution >= 0.6 is 0 Å². The third-order valence-corrected chi connectivity index (χ3v) is 4.91. The summed E-state index contributed by atoms with van der Waals surface area (Å²) >= 11 is 0. The summed E-state index contributed by atoms with van der Waals surface area (Å²) in [6.07, 6.45) is 3.51. The minimum absolute atomic E-state index is 0.179. The maximum absolute atomic E-state index is 12.7. The number of carbonyl (C=O) groups excluding carboxylic acids is 1. The van der Waals surface area contributed by atoms with Gasteiger partial charge in [-0.1, -0.05) is 0 Å². The van der Waals surface area contributed by atoms with Crippen LogP contribution in [0.3, 0.4) is 0 Å². The van der Waals surface area contributed by atoms with Crippen LogP contribution in [0, 0.1) is 0 Å². The first kappa shape index (κ1) is 19.5. The highest BCUT2D eigenvalue weighted by atomic mass is 16.5. The van der Waals surface area contributed by atoms with E-state index < -0.39 is 0 Å². The Morgan fingerprint density at radius 1 is 1.00 bits per heavy atom. The Morgan fingerprint density at radius 3 is 2.40 bits per heavy atom. The number of ether oxygens (including phenoxy) is 2. The SMILES string of the molecule is COc1ccc(OC)c(NC(=O)N2CCN(c3ccc(-n4cccn4)nn3)CC2)c1. The van der Waals surface area contributed by atoms with Crippen molar-refractivity contribution in [2.45, 2.75) is 0 Å². The van der Waals surface area contributed by atoms with Crippen molar-refractivity contribution in [2.24, 2.45) is 0 Å². The van der Waals surface area contributed by atoms with Crippen molar-refractivity contribution in [1.29, 1.82) is 0 Å². The lowest BCUT2D eigenvalue weighted by atomic mass is 10.2. The zero-order valence-electron chi connectivity index (χ0n) is 16.9. The second-order valence-electron chi connectivity index (χ2n) is 6.67. The normalized spacial score (nSPS) is 13.8. The fourth-order valence-electron chi connectivity index (χ4n) is 3.26. The summed E-state index contributed by atoms with van der Waals surface area (Å²) in [6, 6.07) is 10.7. The zero-order valence-corrected chi connectivity index (χ0v) is 16.9. The van der Waals surface area contributed by atoms with Crippen molar-refractivity contribution in [3.05, 3.63) is 48.8 Å². The van der Waals surface area contributed by atoms with Gasteiger partial charge in [0.15, 0.2) is 11.6 Å². The molecule has 0 radical (unpaired) electrons. The van der Waals surface area contributed by atoms with Gasteiger partial charge in [0.05, 0.1) is 19.9 Å². The molecule has 1 N–H and O–H groups in total. The molecule has 0 aliphatic carbocycles. The van der Waals surface area contributed by atoms with E-state index in [1.807, 2.05) is 24.4 Å². The van der Waals surface area contributed by atoms with Gasteiger partial charge in [-0.15, -0.1) is 10.2 Å². The van der Waals surface area contributed by atoms with Crippen LogP contribution < -0.4 is 19.7 Å². The number of anilines is 2. The number of nitrogens with zero attached hydrogens (tertiary/aromatic N) is 6. The summed E-state index contributed by atoms with van der Waals surface area (Å²) in [7, 11) is 3.14. The average Bonchev–Trinajstić information content (AvgIpc) is 3.34. The van der Waals surface area contributed by atoms with Gasteiger partial charge in [0, 0.05) is 44.6 Å². The first-order chi connectivity index (χ1) is 14.7. The maximum atomic E-state index is 12.7. The van der Waals surface area contributed by atoms with Crippen LogP contribution in [0.2, 0.25) is 0 Å². The largest absolute Gasteiger partial charge is 0.497 e. The van der Waals surface area contributed by atoms with Crippen LogP contribution in [0.5, 0.6) is 11.5 Å². The summed E-state index contributed by atoms with van der Waals surface area (Å²) in [5.41, 5.74) is 0.573. The van der Waals surface area contributed by atoms with Crippen LogP contribution in [0.1, 0.15) is 0 Å². The molecule has 0 spiro atoms. The highest BCUT2D eigenvalue weighted by Crippen LogP contribution is 2.29. The highest BCUT2D eigenvalue weighted by Gasteiger charge is 2.23. The molecule has 0 bridgehead atoms. The number of carbonyl (C=O) groups is 1. The molecule has 1 aliphatic heterocycles. The summed E-state index contributed by atoms with van der Waals surface area (Å²) in [5.74, 6) is 2.66. The quantitative estimate of drug-likeness (QED) is 0.689. The van der Waals surface area contributed by atoms with E-state index in [4.69, 9.17) is 9.47 Å². The van der Waals surface area contributed by atoms with Gasteiger partial charge >= 0.3 is 6.03 Å². The van der Waals surface area contributed by atoms with E-state index in [-0.39, 0.29) is 6.03 Å². The third-order valence-electron chi connectivity index (χ3n) is 4.91. The molecule has 2 aromatic heterocycles. The van der Waals surface area contributed by atoms with E-state index in [1.165, 1.54) is 0 Å². The Labute approximate surface area is 174 Å². The molecule has 30 heavy (non-hydrogen) atoms. The number of nitrogens with one attached hydrogen (secondary N) is 1. The molecule has 2 amide bonds. The maximum Gasteiger partial charge on any atom is 0.322 e. The predicted molar refractivity (Wildman–Crippen MR) is 112 cm³/mol. The molecule has 1 saturated heterocycles. The molecule has 10 nitrogen and oxygen atoms in total. The molecule has 0 saturated carbocycles. The predicted octanol–water partition coefficient (Wildman–Crippen LogP) is 2.03. The first-order valence-electron chi connectivity index (χ1n) is 9.54. The molecule has 0 unspecified atom stereocenters. The smallest absolute Gasteiger partial charge is 0.322 e. The highest BCUT2D eigenvalue weighted by molar-refractivity contribution is 5.91. The number of piperazine rings is 1. The van der Waals surface area contributed by atoms with E-state index in [0.29, 0.717) is 49.2 Å². The molecule has 1 aromatic carbocycles. The van der Waals surface area contributed by atoms with Crippen LogP contribution in [-0.4, -0.2) is 71.3 Å². The lowest BCUT2D eigenvalue weighted by Crippen LogP contribution is -2.50. The number of hydrogen-bond acceptors (Lipinski definition) is 7. The van der Waals surface area contributed by atoms with Crippen molar-refractivity contribution in [3.8, 4) is 17.3 Å². The molecular formula is C20H23N7O3. The van der Waals surface area contributed by atoms with Gasteiger partial charge in [0.2, 0.25) is 0 Å². The Balaban J connectivity index is 1.36. The number of rotatable bonds is 5. The molecule has 156 valence electrons. The Kier molecular flexibility index (Phi) is 5.64. The number of aromatic nitrogens is 4. The lowest BCUT2D eigenvalue weighted by molar-refractivity contribution is 0.208. The fourth-order valence-corrected chi connectivity index (χ4v) is 3.26. The molecule has 1 fully saturated rings. The molecule has 3 aromatic rings. The van der Waals surface area contributed by atoms with Crippen molar-refractivity contribution in [2.75, 3.05) is 50.6 Å². The van der Waals surface area contributed by atoms with Crippen molar-refractivity contribution in [3.63, 3.8) is 0 Å². The lowest BCUT2D eigenvalue weighted by Gasteiger charge is -2.35. The van der Waals surface area contributed by atoms with Gasteiger partial charge in [-0.2, -0.15) is 5.10 Å². The minimum atomic E-state index is -0.179. The molecule has 10 heteroatoms. The van der Waals surface area contributed by atoms with Crippen LogP contribution in [0.25, 0.3) is 5.82 Å². The van der Waals surface area contributed by atoms with Crippen molar-refractivity contribution < 1.29 is 14.3 Å². The second-order valence-corrected chi connectivity index (χ2v) is 6.67. The summed E-state index contributed by atoms with van der Waals surface area (Å²) in [4.78, 5) is 16.6. The number of methoxy groups -OCH3 is 2. The third kappa shape index (κ3) is 4.12. The zero-order chi connectivity index (χ0) is 20.9. The number of urea groups is 1. The molecule has 3 heterocycles. The van der Waals surface area contributed by atoms with Gasteiger partial charge in [0.1, 0.15) is 11.5 Å². The topological polar surface area (TPSA) is 97.6 Å². The van der Waals surface area contributed by atoms with E-state index in [1.54, 1.807) is 48.2 Å². The number of amides is 2. The van der Waals surface area contributed by atoms with E-state index in [9.17, 15) is 4.79 Å². The number of benzene rings is 1. The van der Waals surface area contributed by atoms with Crippen molar-refractivity contribution in [1.82, 2.24) is 24.9 Å². The minimum Gasteiger partial charge on any atom is -0.497 e. The summed E-state index contributed by atoms with van der Waals surface area (Å²) in [6.45, 7) is 2.47. The Bertz CT molecular complexity index is 984. The van der Waals surface area contributed by atoms with Gasteiger partial charge in [0.25, 0.3) is 0 Å². The van der Waals surface area contributed by atoms with E-state index in [2.05, 4.69) is 25.5 Å². The van der Waals surface area contributed by atoms with Crippen LogP contribution in [0.15, 0.2) is 48.8 Å². The van der Waals surface area contributed by atoms with Crippen LogP contribution in [0.4, 0.5) is 16.3 Å². The van der Waals surface area contributed by atoms with Crippen LogP contribution in [-0.2, 0) is 0 Å². The summed E-state index contributed by atoms with van der Waals surface area (Å²) in [5, 5.41) is 15.6. The standard InChI is InChI=1S/C20H23N7O3/c1-29-15-4-5-17(30-2)16(14-15)22-20(28)26-12-10-25(11-13-26)18-6-7-19(24-23-18)27-9-3-8-21-27/h3-9,14H,10-13H2,1-2H3,(H,22,28). The van der Waals surface area contributed by atoms with Gasteiger partial charge < -0.3 is 24.6 Å². The Morgan fingerprint density at radius 2 is 1.77 bits per heavy atom. The number of hydrogen-bond donors (Lipinski definition) is 1. The summed E-state index contributed by atoms with van der Waals surface area (Å²) < 4.78 is 12.2. The van der Waals surface area contributed by atoms with Gasteiger partial charge in [-0.25, -0.2) is 9.48 Å². The Hall–Kier alpha value is -3.82. The van der Waals surface area contributed by atoms with E-state index >= 15 is 0 Å². The fraction of sp³-hybridized carbons (Fsp3) is 0.300. The first-order valence-corrected chi connectivity index (χ1v) is 9.54. The van der Waals surface area contributed by atoms with Gasteiger partial charge in [-0.05, 0) is 30.3 Å². The molecule has 4 rings (SSSR count). The second kappa shape index (κ2) is 8.68. The average molecular weight is 409 g/mol. The molecular weight excluding hydrogens is 386 g/mol. The van der Waals surface area contributed by atoms with E-state index in [0.717, 1.165) is 5.82 Å². The molecule has 0 atom stereocenters.